The van der Waals surface area contributed by atoms with E-state index in [2.05, 4.69) is 9.72 Å². The first-order chi connectivity index (χ1) is 6.83. The van der Waals surface area contributed by atoms with Gasteiger partial charge in [-0.3, -0.25) is 4.79 Å². The molecule has 0 aliphatic rings. The molecule has 0 saturated heterocycles. The Morgan fingerprint density at radius 2 is 2.13 bits per heavy atom. The van der Waals surface area contributed by atoms with Gasteiger partial charge in [0.1, 0.15) is 9.45 Å². The predicted molar refractivity (Wildman–Crippen MR) is 53.8 cm³/mol. The van der Waals surface area contributed by atoms with Crippen LogP contribution in [0.1, 0.15) is 16.1 Å². The van der Waals surface area contributed by atoms with E-state index in [0.717, 1.165) is 6.07 Å². The molecule has 7 heteroatoms. The molecule has 1 heterocycles. The topological polar surface area (TPSA) is 39.2 Å². The van der Waals surface area contributed by atoms with Gasteiger partial charge in [0.2, 0.25) is 0 Å². The maximum Gasteiger partial charge on any atom is 0.573 e. The van der Waals surface area contributed by atoms with Crippen molar-refractivity contribution < 1.29 is 22.7 Å². The summed E-state index contributed by atoms with van der Waals surface area (Å²) >= 11 is 1.74. The van der Waals surface area contributed by atoms with Gasteiger partial charge in [-0.1, -0.05) is 0 Å². The molecule has 0 aliphatic heterocycles. The highest BCUT2D eigenvalue weighted by molar-refractivity contribution is 14.1. The molecule has 0 aliphatic carbocycles. The Labute approximate surface area is 96.8 Å². The standard InChI is InChI=1S/C8H5F3INO2/c1-4-5(3-14)6(2-7(12)13-4)15-8(9,10)11/h2-3H,1H3. The smallest absolute Gasteiger partial charge is 0.405 e. The number of rotatable bonds is 2. The molecular formula is C8H5F3INO2. The van der Waals surface area contributed by atoms with E-state index in [1.807, 2.05) is 0 Å². The number of carbonyl (C=O) groups excluding carboxylic acids is 1. The summed E-state index contributed by atoms with van der Waals surface area (Å²) in [6.45, 7) is 1.44. The summed E-state index contributed by atoms with van der Waals surface area (Å²) in [7, 11) is 0. The van der Waals surface area contributed by atoms with Crippen molar-refractivity contribution in [3.05, 3.63) is 21.0 Å². The van der Waals surface area contributed by atoms with E-state index in [-0.39, 0.29) is 11.3 Å². The molecule has 0 amide bonds. The number of aromatic nitrogens is 1. The van der Waals surface area contributed by atoms with E-state index in [0.29, 0.717) is 9.99 Å². The molecule has 0 N–H and O–H groups in total. The SMILES string of the molecule is Cc1nc(I)cc(OC(F)(F)F)c1C=O. The fourth-order valence-corrected chi connectivity index (χ4v) is 1.61. The Hall–Kier alpha value is -0.860. The van der Waals surface area contributed by atoms with Gasteiger partial charge >= 0.3 is 6.36 Å². The van der Waals surface area contributed by atoms with E-state index in [1.54, 1.807) is 22.6 Å². The third-order valence-electron chi connectivity index (χ3n) is 1.52. The molecule has 82 valence electrons. The number of aldehydes is 1. The number of halogens is 4. The number of ether oxygens (including phenoxy) is 1. The van der Waals surface area contributed by atoms with E-state index in [1.165, 1.54) is 6.92 Å². The largest absolute Gasteiger partial charge is 0.573 e. The molecule has 0 saturated carbocycles. The fourth-order valence-electron chi connectivity index (χ4n) is 0.969. The molecule has 15 heavy (non-hydrogen) atoms. The van der Waals surface area contributed by atoms with Gasteiger partial charge in [0.15, 0.2) is 6.29 Å². The van der Waals surface area contributed by atoms with Crippen LogP contribution in [0.3, 0.4) is 0 Å². The minimum absolute atomic E-state index is 0.187. The zero-order chi connectivity index (χ0) is 11.6. The van der Waals surface area contributed by atoms with Crippen molar-refractivity contribution in [1.29, 1.82) is 0 Å². The highest BCUT2D eigenvalue weighted by atomic mass is 127. The van der Waals surface area contributed by atoms with Gasteiger partial charge in [0, 0.05) is 6.07 Å². The second-order valence-electron chi connectivity index (χ2n) is 2.61. The zero-order valence-electron chi connectivity index (χ0n) is 7.43. The Bertz CT molecular complexity index is 392. The zero-order valence-corrected chi connectivity index (χ0v) is 9.59. The molecule has 0 aromatic carbocycles. The van der Waals surface area contributed by atoms with Crippen LogP contribution in [0.2, 0.25) is 0 Å². The van der Waals surface area contributed by atoms with Crippen LogP contribution in [-0.4, -0.2) is 17.6 Å². The molecule has 0 atom stereocenters. The Balaban J connectivity index is 3.21. The van der Waals surface area contributed by atoms with Crippen molar-refractivity contribution in [2.45, 2.75) is 13.3 Å². The van der Waals surface area contributed by atoms with Gasteiger partial charge in [-0.2, -0.15) is 0 Å². The van der Waals surface area contributed by atoms with Crippen molar-refractivity contribution in [2.75, 3.05) is 0 Å². The van der Waals surface area contributed by atoms with Crippen LogP contribution in [0.5, 0.6) is 5.75 Å². The molecule has 0 radical (unpaired) electrons. The van der Waals surface area contributed by atoms with Gasteiger partial charge in [0.05, 0.1) is 11.3 Å². The second kappa shape index (κ2) is 4.33. The van der Waals surface area contributed by atoms with E-state index < -0.39 is 12.1 Å². The lowest BCUT2D eigenvalue weighted by molar-refractivity contribution is -0.274. The first-order valence-electron chi connectivity index (χ1n) is 3.71. The highest BCUT2D eigenvalue weighted by Crippen LogP contribution is 2.27. The molecule has 0 fully saturated rings. The monoisotopic (exact) mass is 331 g/mol. The number of hydrogen-bond donors (Lipinski definition) is 0. The lowest BCUT2D eigenvalue weighted by Crippen LogP contribution is -2.18. The summed E-state index contributed by atoms with van der Waals surface area (Å²) in [5.74, 6) is -0.519. The molecular weight excluding hydrogens is 326 g/mol. The third-order valence-corrected chi connectivity index (χ3v) is 2.08. The summed E-state index contributed by atoms with van der Waals surface area (Å²) in [6, 6.07) is 1.06. The second-order valence-corrected chi connectivity index (χ2v) is 3.71. The number of hydrogen-bond acceptors (Lipinski definition) is 3. The lowest BCUT2D eigenvalue weighted by Gasteiger charge is -2.11. The third kappa shape index (κ3) is 3.33. The van der Waals surface area contributed by atoms with Crippen molar-refractivity contribution in [1.82, 2.24) is 4.98 Å². The van der Waals surface area contributed by atoms with E-state index >= 15 is 0 Å². The number of alkyl halides is 3. The van der Waals surface area contributed by atoms with Gasteiger partial charge in [-0.25, -0.2) is 4.98 Å². The normalized spacial score (nSPS) is 11.3. The Kier molecular flexibility index (Phi) is 3.53. The summed E-state index contributed by atoms with van der Waals surface area (Å²) in [5, 5.41) is 0. The van der Waals surface area contributed by atoms with E-state index in [4.69, 9.17) is 0 Å². The number of carbonyl (C=O) groups is 1. The van der Waals surface area contributed by atoms with Crippen molar-refractivity contribution in [3.63, 3.8) is 0 Å². The average molecular weight is 331 g/mol. The summed E-state index contributed by atoms with van der Waals surface area (Å²) in [6.07, 6.45) is -4.52. The fraction of sp³-hybridized carbons (Fsp3) is 0.250. The first-order valence-corrected chi connectivity index (χ1v) is 4.79. The van der Waals surface area contributed by atoms with Gasteiger partial charge in [0.25, 0.3) is 0 Å². The van der Waals surface area contributed by atoms with Gasteiger partial charge < -0.3 is 4.74 Å². The van der Waals surface area contributed by atoms with Gasteiger partial charge in [-0.15, -0.1) is 13.2 Å². The maximum atomic E-state index is 12.0. The maximum absolute atomic E-state index is 12.0. The van der Waals surface area contributed by atoms with E-state index in [9.17, 15) is 18.0 Å². The summed E-state index contributed by atoms with van der Waals surface area (Å²) in [4.78, 5) is 14.4. The van der Waals surface area contributed by atoms with Crippen molar-refractivity contribution in [2.24, 2.45) is 0 Å². The quantitative estimate of drug-likeness (QED) is 0.475. The van der Waals surface area contributed by atoms with Crippen LogP contribution < -0.4 is 4.74 Å². The van der Waals surface area contributed by atoms with Gasteiger partial charge in [-0.05, 0) is 29.5 Å². The molecule has 3 nitrogen and oxygen atoms in total. The Morgan fingerprint density at radius 1 is 1.53 bits per heavy atom. The molecule has 0 bridgehead atoms. The summed E-state index contributed by atoms with van der Waals surface area (Å²) < 4.78 is 39.9. The molecule has 1 aromatic rings. The molecule has 1 aromatic heterocycles. The first kappa shape index (κ1) is 12.2. The molecule has 1 rings (SSSR count). The van der Waals surface area contributed by atoms with Crippen LogP contribution in [-0.2, 0) is 0 Å². The van der Waals surface area contributed by atoms with Crippen LogP contribution >= 0.6 is 22.6 Å². The van der Waals surface area contributed by atoms with Crippen LogP contribution in [0, 0.1) is 10.6 Å². The van der Waals surface area contributed by atoms with Crippen LogP contribution in [0.15, 0.2) is 6.07 Å². The average Bonchev–Trinajstić information content (AvgIpc) is 1.99. The molecule has 0 unspecified atom stereocenters. The lowest BCUT2D eigenvalue weighted by atomic mass is 10.2. The minimum Gasteiger partial charge on any atom is -0.405 e. The molecule has 0 spiro atoms. The highest BCUT2D eigenvalue weighted by Gasteiger charge is 2.32. The number of aryl methyl sites for hydroxylation is 1. The van der Waals surface area contributed by atoms with Crippen LogP contribution in [0.4, 0.5) is 13.2 Å². The predicted octanol–water partition coefficient (Wildman–Crippen LogP) is 2.71. The summed E-state index contributed by atoms with van der Waals surface area (Å²) in [5.41, 5.74) is 0.0175. The van der Waals surface area contributed by atoms with Crippen molar-refractivity contribution >= 4 is 28.9 Å². The number of nitrogens with zero attached hydrogens (tertiary/aromatic N) is 1. The Morgan fingerprint density at radius 3 is 2.60 bits per heavy atom. The van der Waals surface area contributed by atoms with Crippen molar-refractivity contribution in [3.8, 4) is 5.75 Å². The van der Waals surface area contributed by atoms with Crippen LogP contribution in [0.25, 0.3) is 0 Å². The minimum atomic E-state index is -4.81. The number of pyridine rings is 1.